The molecule has 0 aliphatic carbocycles. The number of rotatable bonds is 3. The van der Waals surface area contributed by atoms with Gasteiger partial charge in [-0.25, -0.2) is 0 Å². The topological polar surface area (TPSA) is 37.4 Å². The van der Waals surface area contributed by atoms with Crippen molar-refractivity contribution >= 4 is 5.82 Å². The van der Waals surface area contributed by atoms with Gasteiger partial charge in [-0.1, -0.05) is 6.07 Å². The molecule has 2 rings (SSSR count). The summed E-state index contributed by atoms with van der Waals surface area (Å²) in [6, 6.07) is 6.38. The third kappa shape index (κ3) is 1.65. The molecule has 0 saturated carbocycles. The molecule has 1 aromatic heterocycles. The molecule has 0 spiro atoms. The zero-order valence-electron chi connectivity index (χ0n) is 8.53. The van der Waals surface area contributed by atoms with Crippen molar-refractivity contribution in [1.29, 1.82) is 0 Å². The van der Waals surface area contributed by atoms with Crippen LogP contribution in [0.3, 0.4) is 0 Å². The van der Waals surface area contributed by atoms with E-state index in [1.165, 1.54) is 0 Å². The lowest BCUT2D eigenvalue weighted by Gasteiger charge is -2.36. The monoisotopic (exact) mass is 193 g/mol. The van der Waals surface area contributed by atoms with Crippen LogP contribution in [0.15, 0.2) is 18.2 Å². The molecule has 1 N–H and O–H groups in total. The highest BCUT2D eigenvalue weighted by molar-refractivity contribution is 5.41. The molecule has 4 heteroatoms. The van der Waals surface area contributed by atoms with Gasteiger partial charge in [0.05, 0.1) is 13.2 Å². The first-order valence-corrected chi connectivity index (χ1v) is 4.76. The number of pyridine rings is 1. The summed E-state index contributed by atoms with van der Waals surface area (Å²) in [6.45, 7) is 2.07. The molecule has 0 unspecified atom stereocenters. The van der Waals surface area contributed by atoms with Crippen LogP contribution in [0.25, 0.3) is 0 Å². The Kier molecular flexibility index (Phi) is 2.54. The van der Waals surface area contributed by atoms with Gasteiger partial charge in [-0.2, -0.15) is 4.98 Å². The van der Waals surface area contributed by atoms with E-state index < -0.39 is 0 Å². The molecular weight excluding hydrogens is 178 g/mol. The molecular formula is C10H15N3O. The molecule has 0 radical (unpaired) electrons. The van der Waals surface area contributed by atoms with Crippen LogP contribution < -0.4 is 15.0 Å². The fourth-order valence-electron chi connectivity index (χ4n) is 1.45. The summed E-state index contributed by atoms with van der Waals surface area (Å²) in [5.41, 5.74) is 0. The highest BCUT2D eigenvalue weighted by Crippen LogP contribution is 2.17. The van der Waals surface area contributed by atoms with Gasteiger partial charge in [0.25, 0.3) is 0 Å². The predicted molar refractivity (Wildman–Crippen MR) is 55.8 cm³/mol. The van der Waals surface area contributed by atoms with Crippen molar-refractivity contribution in [2.75, 3.05) is 32.1 Å². The fraction of sp³-hybridized carbons (Fsp3) is 0.500. The summed E-state index contributed by atoms with van der Waals surface area (Å²) >= 11 is 0. The zero-order valence-corrected chi connectivity index (χ0v) is 8.53. The summed E-state index contributed by atoms with van der Waals surface area (Å²) in [5.74, 6) is 1.64. The molecule has 1 aliphatic rings. The molecule has 4 nitrogen and oxygen atoms in total. The summed E-state index contributed by atoms with van der Waals surface area (Å²) in [6.07, 6.45) is 0. The van der Waals surface area contributed by atoms with Gasteiger partial charge in [0.15, 0.2) is 0 Å². The second-order valence-corrected chi connectivity index (χ2v) is 3.46. The summed E-state index contributed by atoms with van der Waals surface area (Å²) < 4.78 is 5.08. The van der Waals surface area contributed by atoms with Crippen molar-refractivity contribution in [2.24, 2.45) is 0 Å². The first-order valence-electron chi connectivity index (χ1n) is 4.76. The smallest absolute Gasteiger partial charge is 0.214 e. The number of nitrogens with zero attached hydrogens (tertiary/aromatic N) is 2. The van der Waals surface area contributed by atoms with Crippen molar-refractivity contribution < 1.29 is 4.74 Å². The van der Waals surface area contributed by atoms with Crippen LogP contribution in [0.5, 0.6) is 5.88 Å². The molecule has 1 fully saturated rings. The van der Waals surface area contributed by atoms with Gasteiger partial charge in [-0.3, -0.25) is 0 Å². The zero-order chi connectivity index (χ0) is 9.97. The second kappa shape index (κ2) is 3.84. The van der Waals surface area contributed by atoms with Crippen molar-refractivity contribution in [3.8, 4) is 5.88 Å². The van der Waals surface area contributed by atoms with E-state index in [1.54, 1.807) is 7.11 Å². The Morgan fingerprint density at radius 3 is 2.86 bits per heavy atom. The normalized spacial score (nSPS) is 16.1. The molecule has 0 aromatic carbocycles. The molecule has 1 aliphatic heterocycles. The highest BCUT2D eigenvalue weighted by atomic mass is 16.5. The first kappa shape index (κ1) is 9.27. The Hall–Kier alpha value is -1.29. The van der Waals surface area contributed by atoms with Gasteiger partial charge in [0, 0.05) is 26.2 Å². The van der Waals surface area contributed by atoms with E-state index in [2.05, 4.69) is 22.2 Å². The van der Waals surface area contributed by atoms with Crippen LogP contribution in [0.4, 0.5) is 5.82 Å². The molecule has 14 heavy (non-hydrogen) atoms. The van der Waals surface area contributed by atoms with Crippen molar-refractivity contribution in [3.05, 3.63) is 18.2 Å². The maximum atomic E-state index is 5.08. The Labute approximate surface area is 83.9 Å². The first-order chi connectivity index (χ1) is 6.81. The van der Waals surface area contributed by atoms with Crippen LogP contribution in [0, 0.1) is 0 Å². The standard InChI is InChI=1S/C10H15N3O/c1-13(8-6-11-7-8)9-4-3-5-10(12-9)14-2/h3-5,8,11H,6-7H2,1-2H3. The van der Waals surface area contributed by atoms with E-state index in [4.69, 9.17) is 4.74 Å². The minimum Gasteiger partial charge on any atom is -0.481 e. The van der Waals surface area contributed by atoms with Crippen LogP contribution >= 0.6 is 0 Å². The molecule has 1 aromatic rings. The predicted octanol–water partition coefficient (Wildman–Crippen LogP) is 0.498. The summed E-state index contributed by atoms with van der Waals surface area (Å²) in [4.78, 5) is 6.55. The van der Waals surface area contributed by atoms with E-state index in [1.807, 2.05) is 18.2 Å². The molecule has 0 atom stereocenters. The number of hydrogen-bond acceptors (Lipinski definition) is 4. The minimum absolute atomic E-state index is 0.564. The molecule has 0 bridgehead atoms. The summed E-state index contributed by atoms with van der Waals surface area (Å²) in [7, 11) is 3.70. The Morgan fingerprint density at radius 2 is 2.29 bits per heavy atom. The number of ether oxygens (including phenoxy) is 1. The van der Waals surface area contributed by atoms with E-state index in [0.29, 0.717) is 11.9 Å². The van der Waals surface area contributed by atoms with Crippen molar-refractivity contribution in [1.82, 2.24) is 10.3 Å². The van der Waals surface area contributed by atoms with E-state index in [0.717, 1.165) is 18.9 Å². The Bertz CT molecular complexity index is 312. The van der Waals surface area contributed by atoms with E-state index >= 15 is 0 Å². The lowest BCUT2D eigenvalue weighted by molar-refractivity contribution is 0.394. The lowest BCUT2D eigenvalue weighted by Crippen LogP contribution is -2.56. The quantitative estimate of drug-likeness (QED) is 0.758. The Balaban J connectivity index is 2.13. The molecule has 76 valence electrons. The summed E-state index contributed by atoms with van der Waals surface area (Å²) in [5, 5.41) is 3.24. The molecule has 0 amide bonds. The average Bonchev–Trinajstić information content (AvgIpc) is 2.15. The molecule has 1 saturated heterocycles. The average molecular weight is 193 g/mol. The molecule has 2 heterocycles. The van der Waals surface area contributed by atoms with Crippen LogP contribution in [0.1, 0.15) is 0 Å². The van der Waals surface area contributed by atoms with Crippen LogP contribution in [-0.2, 0) is 0 Å². The third-order valence-corrected chi connectivity index (χ3v) is 2.59. The highest BCUT2D eigenvalue weighted by Gasteiger charge is 2.22. The van der Waals surface area contributed by atoms with Crippen molar-refractivity contribution in [2.45, 2.75) is 6.04 Å². The number of likely N-dealkylation sites (N-methyl/N-ethyl adjacent to an activating group) is 1. The third-order valence-electron chi connectivity index (χ3n) is 2.59. The minimum atomic E-state index is 0.564. The Morgan fingerprint density at radius 1 is 1.50 bits per heavy atom. The van der Waals surface area contributed by atoms with Crippen LogP contribution in [-0.4, -0.2) is 38.3 Å². The van der Waals surface area contributed by atoms with E-state index in [-0.39, 0.29) is 0 Å². The van der Waals surface area contributed by atoms with Gasteiger partial charge in [-0.15, -0.1) is 0 Å². The van der Waals surface area contributed by atoms with Gasteiger partial charge >= 0.3 is 0 Å². The number of nitrogens with one attached hydrogen (secondary N) is 1. The van der Waals surface area contributed by atoms with Gasteiger partial charge in [0.2, 0.25) is 5.88 Å². The number of hydrogen-bond donors (Lipinski definition) is 1. The SMILES string of the molecule is COc1cccc(N(C)C2CNC2)n1. The van der Waals surface area contributed by atoms with Gasteiger partial charge in [0.1, 0.15) is 5.82 Å². The largest absolute Gasteiger partial charge is 0.481 e. The maximum absolute atomic E-state index is 5.08. The van der Waals surface area contributed by atoms with Gasteiger partial charge in [-0.05, 0) is 6.07 Å². The van der Waals surface area contributed by atoms with E-state index in [9.17, 15) is 0 Å². The second-order valence-electron chi connectivity index (χ2n) is 3.46. The number of anilines is 1. The lowest BCUT2D eigenvalue weighted by atomic mass is 10.1. The van der Waals surface area contributed by atoms with Crippen molar-refractivity contribution in [3.63, 3.8) is 0 Å². The number of methoxy groups -OCH3 is 1. The van der Waals surface area contributed by atoms with Gasteiger partial charge < -0.3 is 15.0 Å². The van der Waals surface area contributed by atoms with Crippen LogP contribution in [0.2, 0.25) is 0 Å². The maximum Gasteiger partial charge on any atom is 0.214 e. The number of aromatic nitrogens is 1. The fourth-order valence-corrected chi connectivity index (χ4v) is 1.45.